The first-order valence-corrected chi connectivity index (χ1v) is 10.4. The van der Waals surface area contributed by atoms with E-state index in [9.17, 15) is 9.59 Å². The van der Waals surface area contributed by atoms with Crippen molar-refractivity contribution in [1.82, 2.24) is 0 Å². The molecule has 3 aromatic rings. The molecule has 1 amide bonds. The van der Waals surface area contributed by atoms with Gasteiger partial charge in [-0.25, -0.2) is 0 Å². The van der Waals surface area contributed by atoms with E-state index in [1.165, 1.54) is 5.56 Å². The number of rotatable bonds is 7. The Kier molecular flexibility index (Phi) is 6.85. The summed E-state index contributed by atoms with van der Waals surface area (Å²) in [6.45, 7) is 0. The third kappa shape index (κ3) is 5.55. The van der Waals surface area contributed by atoms with Crippen molar-refractivity contribution in [1.29, 1.82) is 0 Å². The summed E-state index contributed by atoms with van der Waals surface area (Å²) in [6.07, 6.45) is 0. The average molecular weight is 440 g/mol. The van der Waals surface area contributed by atoms with Gasteiger partial charge in [0.25, 0.3) is 0 Å². The number of benzene rings is 3. The van der Waals surface area contributed by atoms with Crippen LogP contribution in [0.5, 0.6) is 0 Å². The van der Waals surface area contributed by atoms with Crippen molar-refractivity contribution in [3.63, 3.8) is 0 Å². The first kappa shape index (κ1) is 19.4. The Bertz CT molecular complexity index is 930. The Labute approximate surface area is 171 Å². The van der Waals surface area contributed by atoms with Gasteiger partial charge >= 0.3 is 0 Å². The summed E-state index contributed by atoms with van der Waals surface area (Å²) in [4.78, 5) is 25.2. The lowest BCUT2D eigenvalue weighted by atomic mass is 10.0. The molecule has 0 spiro atoms. The fourth-order valence-electron chi connectivity index (χ4n) is 2.58. The van der Waals surface area contributed by atoms with Crippen LogP contribution in [0.3, 0.4) is 0 Å². The molecule has 0 bridgehead atoms. The summed E-state index contributed by atoms with van der Waals surface area (Å²) < 4.78 is 0.790. The fourth-order valence-corrected chi connectivity index (χ4v) is 3.73. The third-order valence-corrected chi connectivity index (χ3v) is 5.38. The Balaban J connectivity index is 1.67. The molecule has 27 heavy (non-hydrogen) atoms. The average Bonchev–Trinajstić information content (AvgIpc) is 2.70. The zero-order chi connectivity index (χ0) is 19.1. The number of hydrogen-bond donors (Lipinski definition) is 1. The molecule has 0 radical (unpaired) electrons. The highest BCUT2D eigenvalue weighted by molar-refractivity contribution is 9.10. The number of thioether (sulfide) groups is 1. The van der Waals surface area contributed by atoms with Gasteiger partial charge in [0.15, 0.2) is 5.78 Å². The maximum Gasteiger partial charge on any atom is 0.234 e. The van der Waals surface area contributed by atoms with E-state index in [2.05, 4.69) is 21.2 Å². The number of nitrogens with one attached hydrogen (secondary N) is 1. The van der Waals surface area contributed by atoms with E-state index >= 15 is 0 Å². The maximum absolute atomic E-state index is 12.8. The molecule has 5 heteroatoms. The van der Waals surface area contributed by atoms with Gasteiger partial charge in [0, 0.05) is 21.4 Å². The van der Waals surface area contributed by atoms with E-state index in [0.29, 0.717) is 22.6 Å². The van der Waals surface area contributed by atoms with Crippen LogP contribution in [0.25, 0.3) is 0 Å². The highest BCUT2D eigenvalue weighted by Crippen LogP contribution is 2.24. The number of anilines is 1. The van der Waals surface area contributed by atoms with Crippen LogP contribution in [-0.2, 0) is 10.5 Å². The SMILES string of the molecule is O=C(CSCc1ccccc1)Nc1ccc(Br)cc1C(=O)c1ccccc1. The standard InChI is InChI=1S/C22H18BrNO2S/c23-18-11-12-20(19(13-18)22(26)17-9-5-2-6-10-17)24-21(25)15-27-14-16-7-3-1-4-8-16/h1-13H,14-15H2,(H,24,25). The van der Waals surface area contributed by atoms with E-state index in [4.69, 9.17) is 0 Å². The molecule has 0 aliphatic carbocycles. The van der Waals surface area contributed by atoms with Gasteiger partial charge in [-0.2, -0.15) is 0 Å². The molecule has 0 aliphatic rings. The normalized spacial score (nSPS) is 10.4. The van der Waals surface area contributed by atoms with Gasteiger partial charge in [0.1, 0.15) is 0 Å². The Morgan fingerprint density at radius 3 is 2.26 bits per heavy atom. The minimum atomic E-state index is -0.125. The molecule has 1 N–H and O–H groups in total. The Morgan fingerprint density at radius 2 is 1.56 bits per heavy atom. The topological polar surface area (TPSA) is 46.2 Å². The minimum absolute atomic E-state index is 0.121. The van der Waals surface area contributed by atoms with Gasteiger partial charge < -0.3 is 5.32 Å². The molecule has 0 aromatic heterocycles. The van der Waals surface area contributed by atoms with E-state index in [1.807, 2.05) is 54.6 Å². The van der Waals surface area contributed by atoms with Crippen molar-refractivity contribution in [2.75, 3.05) is 11.1 Å². The van der Waals surface area contributed by atoms with Crippen molar-refractivity contribution in [2.24, 2.45) is 0 Å². The first-order chi connectivity index (χ1) is 13.1. The van der Waals surface area contributed by atoms with Gasteiger partial charge in [0.05, 0.1) is 11.4 Å². The predicted octanol–water partition coefficient (Wildman–Crippen LogP) is 5.55. The lowest BCUT2D eigenvalue weighted by molar-refractivity contribution is -0.113. The number of carbonyl (C=O) groups is 2. The van der Waals surface area contributed by atoms with Crippen LogP contribution in [0, 0.1) is 0 Å². The van der Waals surface area contributed by atoms with Gasteiger partial charge in [-0.1, -0.05) is 76.6 Å². The second-order valence-corrected chi connectivity index (χ2v) is 7.81. The largest absolute Gasteiger partial charge is 0.325 e. The molecular formula is C22H18BrNO2S. The van der Waals surface area contributed by atoms with E-state index in [-0.39, 0.29) is 11.7 Å². The molecule has 3 aromatic carbocycles. The van der Waals surface area contributed by atoms with E-state index in [0.717, 1.165) is 10.2 Å². The summed E-state index contributed by atoms with van der Waals surface area (Å²) in [5, 5.41) is 2.87. The lowest BCUT2D eigenvalue weighted by Gasteiger charge is -2.11. The van der Waals surface area contributed by atoms with Gasteiger partial charge in [-0.3, -0.25) is 9.59 Å². The molecule has 0 aliphatic heterocycles. The van der Waals surface area contributed by atoms with Crippen LogP contribution < -0.4 is 5.32 Å². The minimum Gasteiger partial charge on any atom is -0.325 e. The van der Waals surface area contributed by atoms with Crippen LogP contribution in [0.4, 0.5) is 5.69 Å². The molecule has 3 nitrogen and oxygen atoms in total. The molecule has 3 rings (SSSR count). The summed E-state index contributed by atoms with van der Waals surface area (Å²) in [5.74, 6) is 0.846. The quantitative estimate of drug-likeness (QED) is 0.490. The zero-order valence-corrected chi connectivity index (χ0v) is 16.9. The van der Waals surface area contributed by atoms with Crippen molar-refractivity contribution in [2.45, 2.75) is 5.75 Å². The van der Waals surface area contributed by atoms with Gasteiger partial charge in [-0.05, 0) is 23.8 Å². The van der Waals surface area contributed by atoms with Crippen LogP contribution in [-0.4, -0.2) is 17.4 Å². The van der Waals surface area contributed by atoms with Gasteiger partial charge in [-0.15, -0.1) is 11.8 Å². The number of amides is 1. The van der Waals surface area contributed by atoms with Crippen LogP contribution in [0.15, 0.2) is 83.3 Å². The zero-order valence-electron chi connectivity index (χ0n) is 14.5. The molecule has 0 saturated carbocycles. The predicted molar refractivity (Wildman–Crippen MR) is 115 cm³/mol. The number of ketones is 1. The highest BCUT2D eigenvalue weighted by Gasteiger charge is 2.16. The summed E-state index contributed by atoms with van der Waals surface area (Å²) in [6, 6.07) is 24.4. The van der Waals surface area contributed by atoms with E-state index < -0.39 is 0 Å². The second-order valence-electron chi connectivity index (χ2n) is 5.91. The van der Waals surface area contributed by atoms with Crippen molar-refractivity contribution < 1.29 is 9.59 Å². The number of carbonyl (C=O) groups excluding carboxylic acids is 2. The molecular weight excluding hydrogens is 422 g/mol. The summed E-state index contributed by atoms with van der Waals surface area (Å²) >= 11 is 4.94. The van der Waals surface area contributed by atoms with Crippen molar-refractivity contribution >= 4 is 45.1 Å². The summed E-state index contributed by atoms with van der Waals surface area (Å²) in [7, 11) is 0. The molecule has 0 unspecified atom stereocenters. The Morgan fingerprint density at radius 1 is 0.889 bits per heavy atom. The molecule has 136 valence electrons. The molecule has 0 heterocycles. The number of hydrogen-bond acceptors (Lipinski definition) is 3. The first-order valence-electron chi connectivity index (χ1n) is 8.44. The van der Waals surface area contributed by atoms with Crippen molar-refractivity contribution in [3.8, 4) is 0 Å². The van der Waals surface area contributed by atoms with Crippen molar-refractivity contribution in [3.05, 3.63) is 100 Å². The van der Waals surface area contributed by atoms with Crippen LogP contribution >= 0.6 is 27.7 Å². The lowest BCUT2D eigenvalue weighted by Crippen LogP contribution is -2.17. The molecule has 0 atom stereocenters. The highest BCUT2D eigenvalue weighted by atomic mass is 79.9. The van der Waals surface area contributed by atoms with Crippen LogP contribution in [0.1, 0.15) is 21.5 Å². The van der Waals surface area contributed by atoms with E-state index in [1.54, 1.807) is 36.0 Å². The monoisotopic (exact) mass is 439 g/mol. The molecule has 0 saturated heterocycles. The number of halogens is 1. The van der Waals surface area contributed by atoms with Crippen LogP contribution in [0.2, 0.25) is 0 Å². The third-order valence-electron chi connectivity index (χ3n) is 3.88. The summed E-state index contributed by atoms with van der Waals surface area (Å²) in [5.41, 5.74) is 2.76. The van der Waals surface area contributed by atoms with Gasteiger partial charge in [0.2, 0.25) is 5.91 Å². The maximum atomic E-state index is 12.8. The second kappa shape index (κ2) is 9.53. The molecule has 0 fully saturated rings. The Hall–Kier alpha value is -2.37. The smallest absolute Gasteiger partial charge is 0.234 e. The fraction of sp³-hybridized carbons (Fsp3) is 0.0909.